The van der Waals surface area contributed by atoms with Crippen LogP contribution in [-0.4, -0.2) is 29.0 Å². The van der Waals surface area contributed by atoms with E-state index < -0.39 is 0 Å². The fourth-order valence-corrected chi connectivity index (χ4v) is 4.69. The first kappa shape index (κ1) is 12.6. The number of piperidine rings is 1. The van der Waals surface area contributed by atoms with E-state index in [1.165, 1.54) is 47.9 Å². The molecule has 0 unspecified atom stereocenters. The van der Waals surface area contributed by atoms with Gasteiger partial charge < -0.3 is 10.6 Å². The summed E-state index contributed by atoms with van der Waals surface area (Å²) in [6.45, 7) is 9.05. The van der Waals surface area contributed by atoms with Gasteiger partial charge in [-0.25, -0.2) is 4.98 Å². The first-order chi connectivity index (χ1) is 8.52. The van der Waals surface area contributed by atoms with E-state index in [2.05, 4.69) is 30.7 Å². The van der Waals surface area contributed by atoms with E-state index in [1.54, 1.807) is 0 Å². The molecule has 1 aliphatic heterocycles. The van der Waals surface area contributed by atoms with Crippen molar-refractivity contribution in [2.45, 2.75) is 52.1 Å². The molecule has 1 saturated heterocycles. The Morgan fingerprint density at radius 2 is 2.06 bits per heavy atom. The van der Waals surface area contributed by atoms with Gasteiger partial charge in [0.05, 0.1) is 16.7 Å². The van der Waals surface area contributed by atoms with Crippen molar-refractivity contribution >= 4 is 11.3 Å². The number of hydrogen-bond donors (Lipinski definition) is 1. The second kappa shape index (κ2) is 4.29. The smallest absolute Gasteiger partial charge is 0.0900 e. The maximum atomic E-state index is 6.52. The quantitative estimate of drug-likeness (QED) is 0.848. The van der Waals surface area contributed by atoms with Crippen molar-refractivity contribution in [2.24, 2.45) is 11.1 Å². The number of nitrogens with two attached hydrogens (primary N) is 1. The highest BCUT2D eigenvalue weighted by Crippen LogP contribution is 2.51. The number of rotatable bonds is 1. The molecule has 1 spiro atoms. The first-order valence-corrected chi connectivity index (χ1v) is 7.79. The third-order valence-electron chi connectivity index (χ3n) is 4.83. The Balaban J connectivity index is 1.78. The summed E-state index contributed by atoms with van der Waals surface area (Å²) in [7, 11) is 0. The summed E-state index contributed by atoms with van der Waals surface area (Å²) in [4.78, 5) is 8.68. The van der Waals surface area contributed by atoms with Gasteiger partial charge >= 0.3 is 0 Å². The maximum Gasteiger partial charge on any atom is 0.0900 e. The van der Waals surface area contributed by atoms with Crippen LogP contribution in [0.5, 0.6) is 0 Å². The minimum atomic E-state index is 0.173. The predicted molar refractivity (Wildman–Crippen MR) is 75.9 cm³/mol. The number of likely N-dealkylation sites (tertiary alicyclic amines) is 1. The lowest BCUT2D eigenvalue weighted by Gasteiger charge is -2.43. The van der Waals surface area contributed by atoms with Gasteiger partial charge in [-0.3, -0.25) is 0 Å². The Labute approximate surface area is 113 Å². The second-order valence-electron chi connectivity index (χ2n) is 6.19. The van der Waals surface area contributed by atoms with Crippen LogP contribution in [0.4, 0.5) is 0 Å². The molecule has 18 heavy (non-hydrogen) atoms. The Kier molecular flexibility index (Phi) is 3.00. The van der Waals surface area contributed by atoms with Crippen LogP contribution in [0.25, 0.3) is 0 Å². The summed E-state index contributed by atoms with van der Waals surface area (Å²) in [5.74, 6) is 0. The molecule has 0 aromatic carbocycles. The summed E-state index contributed by atoms with van der Waals surface area (Å²) in [5.41, 5.74) is 8.03. The average molecular weight is 265 g/mol. The van der Waals surface area contributed by atoms with Crippen molar-refractivity contribution in [1.29, 1.82) is 0 Å². The molecule has 1 aliphatic carbocycles. The minimum absolute atomic E-state index is 0.173. The van der Waals surface area contributed by atoms with Gasteiger partial charge in [-0.05, 0) is 58.5 Å². The molecular formula is C14H23N3S. The van der Waals surface area contributed by atoms with E-state index in [9.17, 15) is 0 Å². The molecule has 0 amide bonds. The SMILES string of the molecule is Cc1nc2c(s1)CC1(CCN(C(C)C)CC1)[C@H]2N. The molecule has 4 heteroatoms. The van der Waals surface area contributed by atoms with Crippen molar-refractivity contribution in [3.8, 4) is 0 Å². The standard InChI is InChI=1S/C14H23N3S/c1-9(2)17-6-4-14(5-7-17)8-11-12(13(14)15)16-10(3)18-11/h9,13H,4-8,15H2,1-3H3/t13-/m0/s1. The second-order valence-corrected chi connectivity index (χ2v) is 7.48. The summed E-state index contributed by atoms with van der Waals surface area (Å²) in [6.07, 6.45) is 3.63. The van der Waals surface area contributed by atoms with E-state index in [0.29, 0.717) is 11.5 Å². The zero-order valence-corrected chi connectivity index (χ0v) is 12.4. The lowest BCUT2D eigenvalue weighted by molar-refractivity contribution is 0.0706. The Morgan fingerprint density at radius 3 is 2.61 bits per heavy atom. The Bertz CT molecular complexity index is 444. The number of hydrogen-bond acceptors (Lipinski definition) is 4. The van der Waals surface area contributed by atoms with Gasteiger partial charge in [0.25, 0.3) is 0 Å². The summed E-state index contributed by atoms with van der Waals surface area (Å²) >= 11 is 1.85. The zero-order valence-electron chi connectivity index (χ0n) is 11.6. The lowest BCUT2D eigenvalue weighted by atomic mass is 9.73. The maximum absolute atomic E-state index is 6.52. The third-order valence-corrected chi connectivity index (χ3v) is 5.81. The normalized spacial score (nSPS) is 27.1. The van der Waals surface area contributed by atoms with Gasteiger partial charge in [-0.2, -0.15) is 0 Å². The first-order valence-electron chi connectivity index (χ1n) is 6.98. The number of thiazole rings is 1. The highest BCUT2D eigenvalue weighted by Gasteiger charge is 2.47. The number of aromatic nitrogens is 1. The average Bonchev–Trinajstić information content (AvgIpc) is 2.78. The van der Waals surface area contributed by atoms with Crippen molar-refractivity contribution < 1.29 is 0 Å². The van der Waals surface area contributed by atoms with Crippen LogP contribution in [0.1, 0.15) is 48.3 Å². The Hall–Kier alpha value is -0.450. The molecular weight excluding hydrogens is 242 g/mol. The largest absolute Gasteiger partial charge is 0.322 e. The number of fused-ring (bicyclic) bond motifs is 1. The molecule has 0 bridgehead atoms. The Morgan fingerprint density at radius 1 is 1.39 bits per heavy atom. The van der Waals surface area contributed by atoms with Crippen molar-refractivity contribution in [1.82, 2.24) is 9.88 Å². The van der Waals surface area contributed by atoms with Crippen LogP contribution in [-0.2, 0) is 6.42 Å². The molecule has 2 N–H and O–H groups in total. The van der Waals surface area contributed by atoms with Crippen LogP contribution < -0.4 is 5.73 Å². The van der Waals surface area contributed by atoms with E-state index in [0.717, 1.165) is 0 Å². The third kappa shape index (κ3) is 1.82. The monoisotopic (exact) mass is 265 g/mol. The molecule has 0 saturated carbocycles. The summed E-state index contributed by atoms with van der Waals surface area (Å²) in [5, 5.41) is 1.17. The number of aryl methyl sites for hydroxylation is 1. The van der Waals surface area contributed by atoms with E-state index in [4.69, 9.17) is 5.73 Å². The van der Waals surface area contributed by atoms with Crippen molar-refractivity contribution in [2.75, 3.05) is 13.1 Å². The topological polar surface area (TPSA) is 42.2 Å². The van der Waals surface area contributed by atoms with Gasteiger partial charge in [0.2, 0.25) is 0 Å². The molecule has 1 aromatic heterocycles. The van der Waals surface area contributed by atoms with Crippen LogP contribution in [0, 0.1) is 12.3 Å². The van der Waals surface area contributed by atoms with E-state index in [-0.39, 0.29) is 6.04 Å². The van der Waals surface area contributed by atoms with Crippen LogP contribution >= 0.6 is 11.3 Å². The molecule has 3 nitrogen and oxygen atoms in total. The van der Waals surface area contributed by atoms with Gasteiger partial charge in [-0.1, -0.05) is 0 Å². The van der Waals surface area contributed by atoms with Crippen molar-refractivity contribution in [3.63, 3.8) is 0 Å². The summed E-state index contributed by atoms with van der Waals surface area (Å²) in [6, 6.07) is 0.834. The van der Waals surface area contributed by atoms with Crippen molar-refractivity contribution in [3.05, 3.63) is 15.6 Å². The predicted octanol–water partition coefficient (Wildman–Crippen LogP) is 2.50. The van der Waals surface area contributed by atoms with Crippen LogP contribution in [0.15, 0.2) is 0 Å². The van der Waals surface area contributed by atoms with Crippen LogP contribution in [0.2, 0.25) is 0 Å². The fraction of sp³-hybridized carbons (Fsp3) is 0.786. The highest BCUT2D eigenvalue weighted by molar-refractivity contribution is 7.11. The van der Waals surface area contributed by atoms with Gasteiger partial charge in [-0.15, -0.1) is 11.3 Å². The molecule has 100 valence electrons. The van der Waals surface area contributed by atoms with E-state index >= 15 is 0 Å². The molecule has 1 atom stereocenters. The van der Waals surface area contributed by atoms with Gasteiger partial charge in [0.1, 0.15) is 0 Å². The number of nitrogens with zero attached hydrogens (tertiary/aromatic N) is 2. The fourth-order valence-electron chi connectivity index (χ4n) is 3.55. The molecule has 1 fully saturated rings. The molecule has 2 aliphatic rings. The van der Waals surface area contributed by atoms with E-state index in [1.807, 2.05) is 11.3 Å². The zero-order chi connectivity index (χ0) is 12.9. The molecule has 2 heterocycles. The van der Waals surface area contributed by atoms with Gasteiger partial charge in [0.15, 0.2) is 0 Å². The lowest BCUT2D eigenvalue weighted by Crippen LogP contribution is -2.46. The molecule has 3 rings (SSSR count). The van der Waals surface area contributed by atoms with Gasteiger partial charge in [0, 0.05) is 10.9 Å². The highest BCUT2D eigenvalue weighted by atomic mass is 32.1. The summed E-state index contributed by atoms with van der Waals surface area (Å²) < 4.78 is 0. The molecule has 0 radical (unpaired) electrons. The van der Waals surface area contributed by atoms with Crippen LogP contribution in [0.3, 0.4) is 0 Å². The minimum Gasteiger partial charge on any atom is -0.322 e. The molecule has 1 aromatic rings.